The van der Waals surface area contributed by atoms with Crippen LogP contribution in [0.4, 0.5) is 5.69 Å². The Kier molecular flexibility index (Phi) is 4.26. The van der Waals surface area contributed by atoms with Gasteiger partial charge in [-0.15, -0.1) is 0 Å². The molecule has 1 rings (SSSR count). The van der Waals surface area contributed by atoms with Crippen molar-refractivity contribution in [1.29, 1.82) is 0 Å². The minimum atomic E-state index is -0.459. The average Bonchev–Trinajstić information content (AvgIpc) is 2.15. The molecule has 1 aromatic rings. The van der Waals surface area contributed by atoms with E-state index in [0.29, 0.717) is 0 Å². The molecule has 76 valence electrons. The number of allylic oxidation sites excluding steroid dienone is 2. The number of hydrogen-bond acceptors (Lipinski definition) is 2. The summed E-state index contributed by atoms with van der Waals surface area (Å²) in [5, 5.41) is 0. The average molecular weight is 207 g/mol. The van der Waals surface area contributed by atoms with E-state index in [2.05, 4.69) is 19.9 Å². The Bertz CT molecular complexity index is 302. The first kappa shape index (κ1) is 10.9. The molecule has 1 aromatic carbocycles. The van der Waals surface area contributed by atoms with Gasteiger partial charge < -0.3 is 10.2 Å². The van der Waals surface area contributed by atoms with E-state index in [0.717, 1.165) is 17.5 Å². The highest BCUT2D eigenvalue weighted by molar-refractivity contribution is 6.29. The molecule has 0 aromatic heterocycles. The number of nitrogens with two attached hydrogens (primary N) is 1. The van der Waals surface area contributed by atoms with Crippen LogP contribution in [0.25, 0.3) is 0 Å². The van der Waals surface area contributed by atoms with Gasteiger partial charge >= 0.3 is 0 Å². The molecule has 0 aliphatic heterocycles. The summed E-state index contributed by atoms with van der Waals surface area (Å²) in [6.07, 6.45) is 2.23. The summed E-state index contributed by atoms with van der Waals surface area (Å²) in [6, 6.07) is 8.66. The summed E-state index contributed by atoms with van der Waals surface area (Å²) >= 11 is 0. The van der Waals surface area contributed by atoms with Crippen molar-refractivity contribution in [2.75, 3.05) is 5.73 Å². The first-order valence-corrected chi connectivity index (χ1v) is 6.38. The maximum atomic E-state index is 5.65. The Morgan fingerprint density at radius 2 is 2.00 bits per heavy atom. The predicted octanol–water partition coefficient (Wildman–Crippen LogP) is 2.12. The standard InChI is InChI=1S/C11H17NOSi/c1-9(2)7-8-14-13-11-5-3-10(12)4-6-11/h3-7H,8,12,14H2,1-2H3. The van der Waals surface area contributed by atoms with Gasteiger partial charge in [-0.05, 0) is 44.2 Å². The third-order valence-electron chi connectivity index (χ3n) is 1.82. The van der Waals surface area contributed by atoms with Crippen molar-refractivity contribution >= 4 is 15.5 Å². The van der Waals surface area contributed by atoms with E-state index in [9.17, 15) is 0 Å². The van der Waals surface area contributed by atoms with E-state index in [4.69, 9.17) is 10.2 Å². The first-order valence-electron chi connectivity index (χ1n) is 4.80. The summed E-state index contributed by atoms with van der Waals surface area (Å²) in [5.41, 5.74) is 7.71. The van der Waals surface area contributed by atoms with Crippen molar-refractivity contribution in [1.82, 2.24) is 0 Å². The van der Waals surface area contributed by atoms with Crippen LogP contribution in [0, 0.1) is 0 Å². The van der Waals surface area contributed by atoms with Gasteiger partial charge in [-0.25, -0.2) is 0 Å². The van der Waals surface area contributed by atoms with Crippen molar-refractivity contribution in [3.05, 3.63) is 35.9 Å². The van der Waals surface area contributed by atoms with Crippen LogP contribution in [0.5, 0.6) is 5.75 Å². The molecule has 0 atom stereocenters. The molecule has 3 heteroatoms. The quantitative estimate of drug-likeness (QED) is 0.355. The van der Waals surface area contributed by atoms with Crippen molar-refractivity contribution in [3.8, 4) is 5.75 Å². The third-order valence-corrected chi connectivity index (χ3v) is 2.88. The molecule has 14 heavy (non-hydrogen) atoms. The summed E-state index contributed by atoms with van der Waals surface area (Å²) in [7, 11) is -0.459. The monoisotopic (exact) mass is 207 g/mol. The molecular formula is C11H17NOSi. The normalized spacial score (nSPS) is 10.4. The van der Waals surface area contributed by atoms with Crippen LogP contribution in [0.15, 0.2) is 35.9 Å². The zero-order valence-corrected chi connectivity index (χ0v) is 10.2. The van der Waals surface area contributed by atoms with Gasteiger partial charge in [0.05, 0.1) is 0 Å². The van der Waals surface area contributed by atoms with E-state index in [1.807, 2.05) is 24.3 Å². The molecular weight excluding hydrogens is 190 g/mol. The molecule has 0 amide bonds. The number of anilines is 1. The maximum Gasteiger partial charge on any atom is 0.223 e. The van der Waals surface area contributed by atoms with Gasteiger partial charge in [0.1, 0.15) is 5.75 Å². The van der Waals surface area contributed by atoms with Gasteiger partial charge in [-0.2, -0.15) is 0 Å². The van der Waals surface area contributed by atoms with Crippen LogP contribution < -0.4 is 10.2 Å². The van der Waals surface area contributed by atoms with E-state index < -0.39 is 9.76 Å². The number of benzene rings is 1. The highest BCUT2D eigenvalue weighted by Gasteiger charge is 1.92. The molecule has 2 N–H and O–H groups in total. The molecule has 0 aliphatic carbocycles. The Balaban J connectivity index is 2.32. The summed E-state index contributed by atoms with van der Waals surface area (Å²) in [4.78, 5) is 0. The lowest BCUT2D eigenvalue weighted by Gasteiger charge is -2.04. The van der Waals surface area contributed by atoms with E-state index in [1.165, 1.54) is 5.57 Å². The van der Waals surface area contributed by atoms with Crippen molar-refractivity contribution < 1.29 is 4.43 Å². The fourth-order valence-electron chi connectivity index (χ4n) is 1.09. The Hall–Kier alpha value is -1.22. The second-order valence-corrected chi connectivity index (χ2v) is 4.76. The van der Waals surface area contributed by atoms with Crippen LogP contribution >= 0.6 is 0 Å². The summed E-state index contributed by atoms with van der Waals surface area (Å²) in [6.45, 7) is 4.22. The second-order valence-electron chi connectivity index (χ2n) is 3.49. The zero-order chi connectivity index (χ0) is 10.4. The Labute approximate surface area is 87.7 Å². The van der Waals surface area contributed by atoms with Crippen molar-refractivity contribution in [2.24, 2.45) is 0 Å². The number of nitrogen functional groups attached to an aromatic ring is 1. The highest BCUT2D eigenvalue weighted by Crippen LogP contribution is 2.12. The lowest BCUT2D eigenvalue weighted by molar-refractivity contribution is 0.596. The van der Waals surface area contributed by atoms with Crippen LogP contribution in [-0.2, 0) is 0 Å². The van der Waals surface area contributed by atoms with E-state index in [1.54, 1.807) is 0 Å². The highest BCUT2D eigenvalue weighted by atomic mass is 28.2. The van der Waals surface area contributed by atoms with Gasteiger partial charge in [-0.1, -0.05) is 11.6 Å². The summed E-state index contributed by atoms with van der Waals surface area (Å²) in [5.74, 6) is 0.938. The molecule has 0 saturated carbocycles. The lowest BCUT2D eigenvalue weighted by atomic mass is 10.3. The van der Waals surface area contributed by atoms with E-state index in [-0.39, 0.29) is 0 Å². The minimum absolute atomic E-state index is 0.459. The smallest absolute Gasteiger partial charge is 0.223 e. The van der Waals surface area contributed by atoms with Crippen molar-refractivity contribution in [3.63, 3.8) is 0 Å². The SMILES string of the molecule is CC(C)=CC[SiH2]Oc1ccc(N)cc1. The number of rotatable bonds is 4. The van der Waals surface area contributed by atoms with Gasteiger partial charge in [0.2, 0.25) is 9.76 Å². The van der Waals surface area contributed by atoms with Crippen LogP contribution in [0.3, 0.4) is 0 Å². The fourth-order valence-corrected chi connectivity index (χ4v) is 2.33. The zero-order valence-electron chi connectivity index (χ0n) is 8.79. The Morgan fingerprint density at radius 1 is 1.36 bits per heavy atom. The van der Waals surface area contributed by atoms with E-state index >= 15 is 0 Å². The molecule has 0 aliphatic rings. The molecule has 0 spiro atoms. The van der Waals surface area contributed by atoms with Gasteiger partial charge in [0.25, 0.3) is 0 Å². The predicted molar refractivity (Wildman–Crippen MR) is 64.3 cm³/mol. The molecule has 0 bridgehead atoms. The van der Waals surface area contributed by atoms with Crippen molar-refractivity contribution in [2.45, 2.75) is 19.9 Å². The first-order chi connectivity index (χ1) is 6.68. The largest absolute Gasteiger partial charge is 0.549 e. The van der Waals surface area contributed by atoms with Crippen LogP contribution in [0.1, 0.15) is 13.8 Å². The molecule has 0 radical (unpaired) electrons. The Morgan fingerprint density at radius 3 is 2.57 bits per heavy atom. The lowest BCUT2D eigenvalue weighted by Crippen LogP contribution is -2.00. The van der Waals surface area contributed by atoms with Gasteiger partial charge in [0.15, 0.2) is 0 Å². The summed E-state index contributed by atoms with van der Waals surface area (Å²) < 4.78 is 5.65. The fraction of sp³-hybridized carbons (Fsp3) is 0.273. The molecule has 2 nitrogen and oxygen atoms in total. The number of hydrogen-bond donors (Lipinski definition) is 1. The van der Waals surface area contributed by atoms with Gasteiger partial charge in [-0.3, -0.25) is 0 Å². The van der Waals surface area contributed by atoms with Crippen LogP contribution in [0.2, 0.25) is 6.04 Å². The molecule has 0 unspecified atom stereocenters. The second kappa shape index (κ2) is 5.50. The minimum Gasteiger partial charge on any atom is -0.549 e. The third kappa shape index (κ3) is 4.14. The topological polar surface area (TPSA) is 35.2 Å². The van der Waals surface area contributed by atoms with Crippen LogP contribution in [-0.4, -0.2) is 9.76 Å². The molecule has 0 fully saturated rings. The molecule has 0 saturated heterocycles. The molecule has 0 heterocycles. The maximum absolute atomic E-state index is 5.65. The van der Waals surface area contributed by atoms with Gasteiger partial charge in [0, 0.05) is 5.69 Å².